The lowest BCUT2D eigenvalue weighted by molar-refractivity contribution is 0.102. The van der Waals surface area contributed by atoms with Gasteiger partial charge in [-0.25, -0.2) is 0 Å². The SMILES string of the molecule is O=C(CSc1nnc(COc2ccccc2Cl)n1C1CC1)c1ccc(Cl)cc1. The van der Waals surface area contributed by atoms with Gasteiger partial charge in [-0.3, -0.25) is 9.36 Å². The molecule has 0 aliphatic heterocycles. The summed E-state index contributed by atoms with van der Waals surface area (Å²) in [4.78, 5) is 12.4. The van der Waals surface area contributed by atoms with Crippen LogP contribution in [0, 0.1) is 0 Å². The van der Waals surface area contributed by atoms with Crippen LogP contribution in [0.15, 0.2) is 53.7 Å². The molecule has 0 saturated heterocycles. The average molecular weight is 434 g/mol. The summed E-state index contributed by atoms with van der Waals surface area (Å²) in [6.07, 6.45) is 2.16. The Balaban J connectivity index is 1.44. The molecule has 8 heteroatoms. The summed E-state index contributed by atoms with van der Waals surface area (Å²) < 4.78 is 7.90. The first kappa shape index (κ1) is 19.3. The monoisotopic (exact) mass is 433 g/mol. The first-order chi connectivity index (χ1) is 13.6. The zero-order valence-electron chi connectivity index (χ0n) is 14.8. The fourth-order valence-electron chi connectivity index (χ4n) is 2.76. The van der Waals surface area contributed by atoms with Crippen LogP contribution in [0.5, 0.6) is 5.75 Å². The van der Waals surface area contributed by atoms with E-state index in [4.69, 9.17) is 27.9 Å². The van der Waals surface area contributed by atoms with E-state index in [2.05, 4.69) is 14.8 Å². The Morgan fingerprint density at radius 3 is 2.57 bits per heavy atom. The minimum Gasteiger partial charge on any atom is -0.484 e. The van der Waals surface area contributed by atoms with Crippen LogP contribution in [0.1, 0.15) is 35.1 Å². The van der Waals surface area contributed by atoms with Crippen molar-refractivity contribution in [3.8, 4) is 5.75 Å². The molecule has 0 unspecified atom stereocenters. The quantitative estimate of drug-likeness (QED) is 0.348. The first-order valence-corrected chi connectivity index (χ1v) is 10.6. The normalized spacial score (nSPS) is 13.5. The number of para-hydroxylation sites is 1. The molecule has 1 aliphatic rings. The van der Waals surface area contributed by atoms with Gasteiger partial charge in [0.15, 0.2) is 16.8 Å². The molecular formula is C20H17Cl2N3O2S. The second-order valence-corrected chi connectivity index (χ2v) is 8.22. The summed E-state index contributed by atoms with van der Waals surface area (Å²) in [5.74, 6) is 1.67. The Morgan fingerprint density at radius 1 is 1.11 bits per heavy atom. The largest absolute Gasteiger partial charge is 0.484 e. The number of thioether (sulfide) groups is 1. The van der Waals surface area contributed by atoms with Crippen molar-refractivity contribution >= 4 is 40.7 Å². The van der Waals surface area contributed by atoms with Crippen molar-refractivity contribution in [2.24, 2.45) is 0 Å². The number of hydrogen-bond donors (Lipinski definition) is 0. The van der Waals surface area contributed by atoms with Crippen LogP contribution in [0.4, 0.5) is 0 Å². The van der Waals surface area contributed by atoms with E-state index >= 15 is 0 Å². The lowest BCUT2D eigenvalue weighted by atomic mass is 10.1. The second-order valence-electron chi connectivity index (χ2n) is 6.44. The molecule has 4 rings (SSSR count). The van der Waals surface area contributed by atoms with Crippen molar-refractivity contribution in [3.63, 3.8) is 0 Å². The minimum absolute atomic E-state index is 0.0286. The smallest absolute Gasteiger partial charge is 0.192 e. The third kappa shape index (κ3) is 4.51. The van der Waals surface area contributed by atoms with E-state index in [0.29, 0.717) is 27.4 Å². The van der Waals surface area contributed by atoms with Gasteiger partial charge in [0.05, 0.1) is 10.8 Å². The predicted octanol–water partition coefficient (Wildman–Crippen LogP) is 5.47. The molecule has 0 bridgehead atoms. The molecule has 0 spiro atoms. The standard InChI is InChI=1S/C20H17Cl2N3O2S/c21-14-7-5-13(6-8-14)17(26)12-28-20-24-23-19(25(20)15-9-10-15)11-27-18-4-2-1-3-16(18)22/h1-8,15H,9-12H2. The molecule has 1 aromatic heterocycles. The van der Waals surface area contributed by atoms with Crippen LogP contribution in [-0.4, -0.2) is 26.3 Å². The van der Waals surface area contributed by atoms with Gasteiger partial charge in [-0.1, -0.05) is 47.1 Å². The van der Waals surface area contributed by atoms with E-state index in [1.807, 2.05) is 18.2 Å². The summed E-state index contributed by atoms with van der Waals surface area (Å²) in [7, 11) is 0. The number of halogens is 2. The Labute approximate surface area is 177 Å². The number of nitrogens with zero attached hydrogens (tertiary/aromatic N) is 3. The predicted molar refractivity (Wildman–Crippen MR) is 111 cm³/mol. The fraction of sp³-hybridized carbons (Fsp3) is 0.250. The number of Topliss-reactive ketones (excluding diaryl/α,β-unsaturated/α-hetero) is 1. The van der Waals surface area contributed by atoms with Crippen molar-refractivity contribution in [2.75, 3.05) is 5.75 Å². The molecule has 1 fully saturated rings. The summed E-state index contributed by atoms with van der Waals surface area (Å²) >= 11 is 13.4. The van der Waals surface area contributed by atoms with Crippen LogP contribution in [0.2, 0.25) is 10.0 Å². The van der Waals surface area contributed by atoms with Gasteiger partial charge in [0.25, 0.3) is 0 Å². The third-order valence-electron chi connectivity index (χ3n) is 4.34. The molecule has 1 saturated carbocycles. The van der Waals surface area contributed by atoms with Crippen molar-refractivity contribution in [1.29, 1.82) is 0 Å². The summed E-state index contributed by atoms with van der Waals surface area (Å²) in [5, 5.41) is 10.5. The second kappa shape index (κ2) is 8.55. The summed E-state index contributed by atoms with van der Waals surface area (Å²) in [6, 6.07) is 14.6. The molecule has 1 heterocycles. The van der Waals surface area contributed by atoms with Gasteiger partial charge >= 0.3 is 0 Å². The topological polar surface area (TPSA) is 57.0 Å². The third-order valence-corrected chi connectivity index (χ3v) is 5.85. The molecule has 5 nitrogen and oxygen atoms in total. The molecular weight excluding hydrogens is 417 g/mol. The number of carbonyl (C=O) groups excluding carboxylic acids is 1. The van der Waals surface area contributed by atoms with E-state index in [-0.39, 0.29) is 18.1 Å². The van der Waals surface area contributed by atoms with Crippen LogP contribution >= 0.6 is 35.0 Å². The Hall–Kier alpha value is -2.02. The number of carbonyl (C=O) groups is 1. The van der Waals surface area contributed by atoms with E-state index in [1.54, 1.807) is 30.3 Å². The van der Waals surface area contributed by atoms with Gasteiger partial charge in [0, 0.05) is 16.6 Å². The van der Waals surface area contributed by atoms with Crippen molar-refractivity contribution in [2.45, 2.75) is 30.6 Å². The van der Waals surface area contributed by atoms with Crippen molar-refractivity contribution < 1.29 is 9.53 Å². The maximum atomic E-state index is 12.4. The lowest BCUT2D eigenvalue weighted by Crippen LogP contribution is -2.08. The van der Waals surface area contributed by atoms with E-state index in [9.17, 15) is 4.79 Å². The minimum atomic E-state index is 0.0286. The molecule has 3 aromatic rings. The highest BCUT2D eigenvalue weighted by atomic mass is 35.5. The molecule has 0 radical (unpaired) electrons. The van der Waals surface area contributed by atoms with Gasteiger partial charge in [0.1, 0.15) is 12.4 Å². The zero-order valence-corrected chi connectivity index (χ0v) is 17.2. The highest BCUT2D eigenvalue weighted by Crippen LogP contribution is 2.39. The zero-order chi connectivity index (χ0) is 19.5. The molecule has 2 aromatic carbocycles. The Bertz CT molecular complexity index is 987. The van der Waals surface area contributed by atoms with E-state index in [0.717, 1.165) is 23.8 Å². The van der Waals surface area contributed by atoms with E-state index < -0.39 is 0 Å². The van der Waals surface area contributed by atoms with Gasteiger partial charge in [0.2, 0.25) is 0 Å². The van der Waals surface area contributed by atoms with Crippen LogP contribution in [-0.2, 0) is 6.61 Å². The number of rotatable bonds is 8. The molecule has 144 valence electrons. The van der Waals surface area contributed by atoms with Crippen molar-refractivity contribution in [3.05, 3.63) is 70.0 Å². The summed E-state index contributed by atoms with van der Waals surface area (Å²) in [5.41, 5.74) is 0.636. The van der Waals surface area contributed by atoms with E-state index in [1.165, 1.54) is 11.8 Å². The Morgan fingerprint density at radius 2 is 1.86 bits per heavy atom. The molecule has 28 heavy (non-hydrogen) atoms. The van der Waals surface area contributed by atoms with Crippen LogP contribution in [0.25, 0.3) is 0 Å². The molecule has 0 N–H and O–H groups in total. The lowest BCUT2D eigenvalue weighted by Gasteiger charge is -2.10. The highest BCUT2D eigenvalue weighted by Gasteiger charge is 2.30. The van der Waals surface area contributed by atoms with Gasteiger partial charge in [-0.2, -0.15) is 0 Å². The fourth-order valence-corrected chi connectivity index (χ4v) is 3.99. The van der Waals surface area contributed by atoms with Gasteiger partial charge < -0.3 is 4.74 Å². The number of ketones is 1. The number of benzene rings is 2. The molecule has 0 atom stereocenters. The number of hydrogen-bond acceptors (Lipinski definition) is 5. The van der Waals surface area contributed by atoms with Crippen molar-refractivity contribution in [1.82, 2.24) is 14.8 Å². The Kier molecular flexibility index (Phi) is 5.90. The average Bonchev–Trinajstić information content (AvgIpc) is 3.46. The molecule has 0 amide bonds. The maximum absolute atomic E-state index is 12.4. The number of ether oxygens (including phenoxy) is 1. The van der Waals surface area contributed by atoms with Crippen LogP contribution in [0.3, 0.4) is 0 Å². The van der Waals surface area contributed by atoms with Crippen LogP contribution < -0.4 is 4.74 Å². The maximum Gasteiger partial charge on any atom is 0.192 e. The molecule has 1 aliphatic carbocycles. The number of aromatic nitrogens is 3. The summed E-state index contributed by atoms with van der Waals surface area (Å²) in [6.45, 7) is 0.277. The highest BCUT2D eigenvalue weighted by molar-refractivity contribution is 7.99. The first-order valence-electron chi connectivity index (χ1n) is 8.84. The van der Waals surface area contributed by atoms with Gasteiger partial charge in [-0.15, -0.1) is 10.2 Å². The van der Waals surface area contributed by atoms with Gasteiger partial charge in [-0.05, 0) is 49.2 Å².